The highest BCUT2D eigenvalue weighted by Gasteiger charge is 2.35. The largest absolute Gasteiger partial charge is 0.486 e. The minimum atomic E-state index is -4.07. The third-order valence-electron chi connectivity index (χ3n) is 5.45. The lowest BCUT2D eigenvalue weighted by Gasteiger charge is -2.35. The lowest BCUT2D eigenvalue weighted by atomic mass is 10.0. The van der Waals surface area contributed by atoms with Crippen molar-refractivity contribution in [3.05, 3.63) is 76.8 Å². The Bertz CT molecular complexity index is 1380. The predicted molar refractivity (Wildman–Crippen MR) is 124 cm³/mol. The smallest absolute Gasteiger partial charge is 0.303 e. The van der Waals surface area contributed by atoms with E-state index in [0.29, 0.717) is 11.6 Å². The normalized spacial score (nSPS) is 15.5. The monoisotopic (exact) mass is 507 g/mol. The molecule has 1 aliphatic heterocycles. The lowest BCUT2D eigenvalue weighted by molar-refractivity contribution is -0.137. The number of carboxylic acids is 1. The molecule has 10 heteroatoms. The number of benzene rings is 3. The van der Waals surface area contributed by atoms with Crippen LogP contribution in [0.15, 0.2) is 59.5 Å². The summed E-state index contributed by atoms with van der Waals surface area (Å²) in [6.07, 6.45) is -0.810. The first-order chi connectivity index (χ1) is 16.1. The van der Waals surface area contributed by atoms with E-state index < -0.39 is 33.7 Å². The van der Waals surface area contributed by atoms with Crippen LogP contribution < -0.4 is 9.04 Å². The second kappa shape index (κ2) is 9.23. The molecule has 0 spiro atoms. The maximum absolute atomic E-state index is 14.0. The molecular formula is C24H20ClF2NO5S. The third kappa shape index (κ3) is 4.71. The Labute approximate surface area is 200 Å². The van der Waals surface area contributed by atoms with E-state index in [1.807, 2.05) is 0 Å². The van der Waals surface area contributed by atoms with Crippen molar-refractivity contribution >= 4 is 33.3 Å². The van der Waals surface area contributed by atoms with Crippen molar-refractivity contribution in [1.82, 2.24) is 0 Å². The van der Waals surface area contributed by atoms with Gasteiger partial charge in [0, 0.05) is 18.1 Å². The van der Waals surface area contributed by atoms with Crippen LogP contribution in [0.3, 0.4) is 0 Å². The number of aliphatic carboxylic acids is 1. The molecular weight excluding hydrogens is 488 g/mol. The van der Waals surface area contributed by atoms with Crippen molar-refractivity contribution in [2.45, 2.75) is 30.8 Å². The molecule has 0 fully saturated rings. The molecule has 6 nitrogen and oxygen atoms in total. The molecule has 1 heterocycles. The van der Waals surface area contributed by atoms with Crippen molar-refractivity contribution in [1.29, 1.82) is 0 Å². The summed E-state index contributed by atoms with van der Waals surface area (Å²) in [6.45, 7) is 1.63. The van der Waals surface area contributed by atoms with Crippen LogP contribution in [0.2, 0.25) is 5.02 Å². The Morgan fingerprint density at radius 1 is 1.18 bits per heavy atom. The van der Waals surface area contributed by atoms with Crippen LogP contribution in [0.25, 0.3) is 11.1 Å². The number of ether oxygens (including phenoxy) is 1. The topological polar surface area (TPSA) is 83.9 Å². The van der Waals surface area contributed by atoms with Crippen LogP contribution in [0.4, 0.5) is 14.5 Å². The fourth-order valence-electron chi connectivity index (χ4n) is 3.81. The van der Waals surface area contributed by atoms with Crippen LogP contribution in [0, 0.1) is 18.6 Å². The molecule has 4 rings (SSSR count). The Balaban J connectivity index is 1.84. The molecule has 0 aromatic heterocycles. The van der Waals surface area contributed by atoms with E-state index in [4.69, 9.17) is 21.4 Å². The zero-order valence-electron chi connectivity index (χ0n) is 18.0. The van der Waals surface area contributed by atoms with Gasteiger partial charge in [-0.3, -0.25) is 9.10 Å². The van der Waals surface area contributed by atoms with Gasteiger partial charge < -0.3 is 9.84 Å². The number of fused-ring (bicyclic) bond motifs is 1. The fourth-order valence-corrected chi connectivity index (χ4v) is 5.63. The number of nitrogens with zero attached hydrogens (tertiary/aromatic N) is 1. The molecule has 0 saturated carbocycles. The first-order valence-electron chi connectivity index (χ1n) is 10.3. The first-order valence-corrected chi connectivity index (χ1v) is 12.1. The molecule has 0 amide bonds. The molecule has 34 heavy (non-hydrogen) atoms. The van der Waals surface area contributed by atoms with Crippen molar-refractivity contribution in [3.63, 3.8) is 0 Å². The van der Waals surface area contributed by atoms with Gasteiger partial charge >= 0.3 is 5.97 Å². The number of hydrogen-bond donors (Lipinski definition) is 1. The van der Waals surface area contributed by atoms with Gasteiger partial charge in [0.2, 0.25) is 0 Å². The van der Waals surface area contributed by atoms with Gasteiger partial charge in [0.15, 0.2) is 0 Å². The Morgan fingerprint density at radius 3 is 2.65 bits per heavy atom. The van der Waals surface area contributed by atoms with E-state index in [9.17, 15) is 22.0 Å². The van der Waals surface area contributed by atoms with Crippen LogP contribution in [-0.2, 0) is 14.8 Å². The van der Waals surface area contributed by atoms with E-state index in [0.717, 1.165) is 15.9 Å². The summed E-state index contributed by atoms with van der Waals surface area (Å²) in [5.41, 5.74) is 1.25. The van der Waals surface area contributed by atoms with Crippen molar-refractivity contribution in [2.75, 3.05) is 10.8 Å². The second-order valence-electron chi connectivity index (χ2n) is 7.96. The van der Waals surface area contributed by atoms with Crippen molar-refractivity contribution < 1.29 is 31.8 Å². The van der Waals surface area contributed by atoms with Crippen LogP contribution in [-0.4, -0.2) is 32.1 Å². The number of anilines is 1. The highest BCUT2D eigenvalue weighted by atomic mass is 35.5. The van der Waals surface area contributed by atoms with E-state index in [1.165, 1.54) is 30.3 Å². The van der Waals surface area contributed by atoms with Gasteiger partial charge in [-0.15, -0.1) is 0 Å². The van der Waals surface area contributed by atoms with Gasteiger partial charge in [0.1, 0.15) is 23.5 Å². The zero-order valence-corrected chi connectivity index (χ0v) is 19.5. The fraction of sp³-hybridized carbons (Fsp3) is 0.208. The summed E-state index contributed by atoms with van der Waals surface area (Å²) in [5.74, 6) is -2.59. The molecule has 3 aromatic rings. The number of hydrogen-bond acceptors (Lipinski definition) is 4. The SMILES string of the molecule is Cc1cccc(S(=O)(=O)N2C[C@H](CCC(=O)O)Oc3ccc(-c4cc(F)cc(F)c4Cl)cc32)c1. The molecule has 0 bridgehead atoms. The van der Waals surface area contributed by atoms with Crippen LogP contribution >= 0.6 is 11.6 Å². The second-order valence-corrected chi connectivity index (χ2v) is 10.2. The Hall–Kier alpha value is -3.17. The maximum atomic E-state index is 14.0. The predicted octanol–water partition coefficient (Wildman–Crippen LogP) is 5.41. The lowest BCUT2D eigenvalue weighted by Crippen LogP contribution is -2.43. The summed E-state index contributed by atoms with van der Waals surface area (Å²) >= 11 is 6.06. The molecule has 0 unspecified atom stereocenters. The third-order valence-corrected chi connectivity index (χ3v) is 7.61. The van der Waals surface area contributed by atoms with Gasteiger partial charge in [-0.2, -0.15) is 0 Å². The minimum Gasteiger partial charge on any atom is -0.486 e. The van der Waals surface area contributed by atoms with Crippen LogP contribution in [0.5, 0.6) is 5.75 Å². The van der Waals surface area contributed by atoms with Crippen molar-refractivity contribution in [3.8, 4) is 16.9 Å². The number of aryl methyl sites for hydroxylation is 1. The number of sulfonamides is 1. The van der Waals surface area contributed by atoms with Crippen molar-refractivity contribution in [2.24, 2.45) is 0 Å². The summed E-state index contributed by atoms with van der Waals surface area (Å²) in [7, 11) is -4.07. The Kier molecular flexibility index (Phi) is 6.51. The summed E-state index contributed by atoms with van der Waals surface area (Å²) in [6, 6.07) is 12.5. The maximum Gasteiger partial charge on any atom is 0.303 e. The molecule has 178 valence electrons. The standard InChI is InChI=1S/C24H20ClF2NO5S/c1-14-3-2-4-18(9-14)34(31,32)28-13-17(6-8-23(29)30)33-22-7-5-15(10-21(22)28)19-11-16(26)12-20(27)24(19)25/h2-5,7,9-12,17H,6,8,13H2,1H3,(H,29,30)/t17-/m0/s1. The number of carbonyl (C=O) groups is 1. The number of carboxylic acid groups (broad SMARTS) is 1. The van der Waals surface area contributed by atoms with Crippen LogP contribution in [0.1, 0.15) is 18.4 Å². The highest BCUT2D eigenvalue weighted by molar-refractivity contribution is 7.92. The minimum absolute atomic E-state index is 0.0533. The highest BCUT2D eigenvalue weighted by Crippen LogP contribution is 2.42. The molecule has 3 aromatic carbocycles. The van der Waals surface area contributed by atoms with Gasteiger partial charge in [0.05, 0.1) is 22.2 Å². The molecule has 0 saturated heterocycles. The molecule has 0 aliphatic carbocycles. The summed E-state index contributed by atoms with van der Waals surface area (Å²) in [5, 5.41) is 8.75. The van der Waals surface area contributed by atoms with Gasteiger partial charge in [-0.25, -0.2) is 17.2 Å². The molecule has 1 aliphatic rings. The summed E-state index contributed by atoms with van der Waals surface area (Å²) in [4.78, 5) is 11.1. The van der Waals surface area contributed by atoms with E-state index in [1.54, 1.807) is 19.1 Å². The van der Waals surface area contributed by atoms with E-state index in [2.05, 4.69) is 0 Å². The first kappa shape index (κ1) is 24.0. The number of rotatable bonds is 6. The average molecular weight is 508 g/mol. The van der Waals surface area contributed by atoms with Gasteiger partial charge in [-0.05, 0) is 54.8 Å². The summed E-state index contributed by atoms with van der Waals surface area (Å²) < 4.78 is 62.2. The molecule has 0 radical (unpaired) electrons. The zero-order chi connectivity index (χ0) is 24.6. The number of halogens is 3. The van der Waals surface area contributed by atoms with E-state index >= 15 is 0 Å². The van der Waals surface area contributed by atoms with Gasteiger partial charge in [0.25, 0.3) is 10.0 Å². The quantitative estimate of drug-likeness (QED) is 0.451. The van der Waals surface area contributed by atoms with E-state index in [-0.39, 0.29) is 46.3 Å². The van der Waals surface area contributed by atoms with Gasteiger partial charge in [-0.1, -0.05) is 29.8 Å². The molecule has 1 N–H and O–H groups in total. The molecule has 1 atom stereocenters. The Morgan fingerprint density at radius 2 is 1.94 bits per heavy atom. The average Bonchev–Trinajstić information content (AvgIpc) is 2.79.